The molecule has 1 atom stereocenters. The van der Waals surface area contributed by atoms with E-state index in [0.717, 1.165) is 32.4 Å². The summed E-state index contributed by atoms with van der Waals surface area (Å²) in [6.07, 6.45) is 10.5. The van der Waals surface area contributed by atoms with Gasteiger partial charge in [0.1, 0.15) is 0 Å². The minimum Gasteiger partial charge on any atom is -0.414 e. The third-order valence-electron chi connectivity index (χ3n) is 5.59. The largest absolute Gasteiger partial charge is 0.414 e. The Hall–Kier alpha value is -1.00. The van der Waals surface area contributed by atoms with Crippen LogP contribution in [0.2, 0.25) is 18.1 Å². The van der Waals surface area contributed by atoms with Crippen LogP contribution in [0.3, 0.4) is 0 Å². The van der Waals surface area contributed by atoms with Gasteiger partial charge in [-0.3, -0.25) is 0 Å². The molecule has 1 unspecified atom stereocenters. The van der Waals surface area contributed by atoms with E-state index in [9.17, 15) is 0 Å². The predicted molar refractivity (Wildman–Crippen MR) is 94.9 cm³/mol. The molecule has 0 saturated carbocycles. The van der Waals surface area contributed by atoms with Gasteiger partial charge in [0.2, 0.25) is 0 Å². The number of fused-ring (bicyclic) bond motifs is 2. The van der Waals surface area contributed by atoms with E-state index >= 15 is 0 Å². The molecule has 0 saturated heterocycles. The normalized spacial score (nSPS) is 25.4. The first-order chi connectivity index (χ1) is 10.3. The molecule has 0 aromatic heterocycles. The minimum absolute atomic E-state index is 0.281. The number of rotatable bonds is 2. The first-order valence-electron chi connectivity index (χ1n) is 8.56. The lowest BCUT2D eigenvalue weighted by Gasteiger charge is -2.41. The molecule has 3 nitrogen and oxygen atoms in total. The van der Waals surface area contributed by atoms with Crippen LogP contribution >= 0.6 is 0 Å². The van der Waals surface area contributed by atoms with E-state index < -0.39 is 8.32 Å². The van der Waals surface area contributed by atoms with Crippen molar-refractivity contribution in [3.8, 4) is 0 Å². The lowest BCUT2D eigenvalue weighted by Crippen LogP contribution is -2.45. The minimum atomic E-state index is -1.69. The van der Waals surface area contributed by atoms with Crippen LogP contribution in [0.15, 0.2) is 35.3 Å². The fourth-order valence-corrected chi connectivity index (χ4v) is 4.63. The highest BCUT2D eigenvalue weighted by atomic mass is 28.4. The third kappa shape index (κ3) is 2.91. The molecule has 3 rings (SSSR count). The first kappa shape index (κ1) is 15.9. The summed E-state index contributed by atoms with van der Waals surface area (Å²) in [5, 5.41) is 3.89. The van der Waals surface area contributed by atoms with Gasteiger partial charge in [0, 0.05) is 36.6 Å². The van der Waals surface area contributed by atoms with Crippen molar-refractivity contribution in [2.24, 2.45) is 0 Å². The highest BCUT2D eigenvalue weighted by Gasteiger charge is 2.40. The SMILES string of the molecule is CC(C)(C)[Si](C)(C)OC1CCC2=C(C1)N1CC=CC1=CCN2. The summed E-state index contributed by atoms with van der Waals surface area (Å²) in [6, 6.07) is 0. The molecule has 2 aliphatic heterocycles. The molecular weight excluding hydrogens is 288 g/mol. The van der Waals surface area contributed by atoms with E-state index in [1.165, 1.54) is 17.1 Å². The molecule has 3 aliphatic rings. The first-order valence-corrected chi connectivity index (χ1v) is 11.5. The van der Waals surface area contributed by atoms with Gasteiger partial charge in [-0.1, -0.05) is 26.8 Å². The maximum absolute atomic E-state index is 6.69. The van der Waals surface area contributed by atoms with Crippen LogP contribution in [-0.4, -0.2) is 32.4 Å². The summed E-state index contributed by atoms with van der Waals surface area (Å²) in [7, 11) is -1.69. The van der Waals surface area contributed by atoms with Crippen molar-refractivity contribution in [2.45, 2.75) is 64.3 Å². The number of nitrogens with zero attached hydrogens (tertiary/aromatic N) is 1. The molecule has 22 heavy (non-hydrogen) atoms. The van der Waals surface area contributed by atoms with Gasteiger partial charge < -0.3 is 14.6 Å². The molecule has 1 aliphatic carbocycles. The van der Waals surface area contributed by atoms with Crippen LogP contribution in [-0.2, 0) is 4.43 Å². The van der Waals surface area contributed by atoms with Crippen LogP contribution < -0.4 is 5.32 Å². The van der Waals surface area contributed by atoms with Gasteiger partial charge in [-0.15, -0.1) is 0 Å². The maximum Gasteiger partial charge on any atom is 0.192 e. The summed E-state index contributed by atoms with van der Waals surface area (Å²) >= 11 is 0. The smallest absolute Gasteiger partial charge is 0.192 e. The van der Waals surface area contributed by atoms with E-state index in [1.54, 1.807) is 0 Å². The summed E-state index contributed by atoms with van der Waals surface area (Å²) < 4.78 is 6.69. The zero-order chi connectivity index (χ0) is 16.0. The molecule has 0 bridgehead atoms. The van der Waals surface area contributed by atoms with Crippen molar-refractivity contribution in [1.29, 1.82) is 0 Å². The van der Waals surface area contributed by atoms with E-state index in [-0.39, 0.29) is 5.04 Å². The average molecular weight is 319 g/mol. The summed E-state index contributed by atoms with van der Waals surface area (Å²) in [6.45, 7) is 13.7. The maximum atomic E-state index is 6.69. The van der Waals surface area contributed by atoms with Gasteiger partial charge in [0.25, 0.3) is 0 Å². The van der Waals surface area contributed by atoms with Gasteiger partial charge >= 0.3 is 0 Å². The summed E-state index contributed by atoms with van der Waals surface area (Å²) in [5.74, 6) is 0. The monoisotopic (exact) mass is 318 g/mol. The zero-order valence-electron chi connectivity index (χ0n) is 14.7. The van der Waals surface area contributed by atoms with E-state index in [4.69, 9.17) is 4.43 Å². The van der Waals surface area contributed by atoms with Crippen molar-refractivity contribution >= 4 is 8.32 Å². The predicted octanol–water partition coefficient (Wildman–Crippen LogP) is 4.13. The standard InChI is InChI=1S/C18H30N2OSi/c1-18(2,3)22(4,5)21-15-8-9-16-17(13-15)20-12-6-7-14(20)10-11-19-16/h6-7,10,15,19H,8-9,11-13H2,1-5H3. The Balaban J connectivity index is 1.76. The second-order valence-corrected chi connectivity index (χ2v) is 12.9. The molecule has 122 valence electrons. The molecule has 4 heteroatoms. The van der Waals surface area contributed by atoms with Crippen LogP contribution in [0.1, 0.15) is 40.0 Å². The number of nitrogens with one attached hydrogen (secondary N) is 1. The molecular formula is C18H30N2OSi. The van der Waals surface area contributed by atoms with E-state index in [0.29, 0.717) is 6.10 Å². The quantitative estimate of drug-likeness (QED) is 0.775. The van der Waals surface area contributed by atoms with Gasteiger partial charge in [0.05, 0.1) is 6.10 Å². The summed E-state index contributed by atoms with van der Waals surface area (Å²) in [4.78, 5) is 2.47. The van der Waals surface area contributed by atoms with Gasteiger partial charge in [-0.2, -0.15) is 0 Å². The molecule has 0 spiro atoms. The number of hydrogen-bond acceptors (Lipinski definition) is 3. The van der Waals surface area contributed by atoms with Crippen molar-refractivity contribution in [2.75, 3.05) is 13.1 Å². The van der Waals surface area contributed by atoms with Crippen LogP contribution in [0.25, 0.3) is 0 Å². The highest BCUT2D eigenvalue weighted by Crippen LogP contribution is 2.41. The molecule has 2 heterocycles. The van der Waals surface area contributed by atoms with Crippen LogP contribution in [0.5, 0.6) is 0 Å². The van der Waals surface area contributed by atoms with Gasteiger partial charge in [0.15, 0.2) is 8.32 Å². The van der Waals surface area contributed by atoms with E-state index in [2.05, 4.69) is 62.3 Å². The van der Waals surface area contributed by atoms with Crippen LogP contribution in [0.4, 0.5) is 0 Å². The van der Waals surface area contributed by atoms with Gasteiger partial charge in [-0.25, -0.2) is 0 Å². The topological polar surface area (TPSA) is 24.5 Å². The number of allylic oxidation sites excluding steroid dienone is 2. The van der Waals surface area contributed by atoms with Crippen molar-refractivity contribution < 1.29 is 4.43 Å². The molecule has 0 fully saturated rings. The van der Waals surface area contributed by atoms with Gasteiger partial charge in [-0.05, 0) is 43.1 Å². The molecule has 0 amide bonds. The Morgan fingerprint density at radius 2 is 2.09 bits per heavy atom. The van der Waals surface area contributed by atoms with Crippen molar-refractivity contribution in [3.63, 3.8) is 0 Å². The molecule has 0 aromatic rings. The Labute approximate surface area is 136 Å². The second-order valence-electron chi connectivity index (χ2n) is 8.19. The zero-order valence-corrected chi connectivity index (χ0v) is 15.7. The van der Waals surface area contributed by atoms with E-state index in [1.807, 2.05) is 0 Å². The molecule has 0 aromatic carbocycles. The second kappa shape index (κ2) is 5.57. The fraction of sp³-hybridized carbons (Fsp3) is 0.667. The Kier molecular flexibility index (Phi) is 4.02. The molecule has 1 N–H and O–H groups in total. The average Bonchev–Trinajstić information content (AvgIpc) is 2.80. The Morgan fingerprint density at radius 1 is 1.32 bits per heavy atom. The third-order valence-corrected chi connectivity index (χ3v) is 10.1. The summed E-state index contributed by atoms with van der Waals surface area (Å²) in [5.41, 5.74) is 4.25. The molecule has 0 radical (unpaired) electrons. The van der Waals surface area contributed by atoms with Crippen LogP contribution in [0, 0.1) is 0 Å². The number of hydrogen-bond donors (Lipinski definition) is 1. The lowest BCUT2D eigenvalue weighted by atomic mass is 9.97. The fourth-order valence-electron chi connectivity index (χ4n) is 3.25. The Morgan fingerprint density at radius 3 is 2.82 bits per heavy atom. The Bertz CT molecular complexity index is 540. The highest BCUT2D eigenvalue weighted by molar-refractivity contribution is 6.74. The van der Waals surface area contributed by atoms with Crippen molar-refractivity contribution in [3.05, 3.63) is 35.3 Å². The van der Waals surface area contributed by atoms with Crippen molar-refractivity contribution in [1.82, 2.24) is 10.2 Å². The lowest BCUT2D eigenvalue weighted by molar-refractivity contribution is 0.154.